The van der Waals surface area contributed by atoms with E-state index in [4.69, 9.17) is 9.47 Å². The molecule has 0 fully saturated rings. The highest BCUT2D eigenvalue weighted by atomic mass is 32.1. The van der Waals surface area contributed by atoms with Gasteiger partial charge in [0, 0.05) is 12.1 Å². The number of methoxy groups -OCH3 is 1. The fourth-order valence-corrected chi connectivity index (χ4v) is 3.80. The normalized spacial score (nSPS) is 10.9. The average molecular weight is 408 g/mol. The number of para-hydroxylation sites is 1. The Kier molecular flexibility index (Phi) is 5.18. The fourth-order valence-electron chi connectivity index (χ4n) is 2.89. The van der Waals surface area contributed by atoms with Gasteiger partial charge >= 0.3 is 0 Å². The quantitative estimate of drug-likeness (QED) is 0.519. The third-order valence-corrected chi connectivity index (χ3v) is 5.33. The van der Waals surface area contributed by atoms with Gasteiger partial charge in [0.2, 0.25) is 5.13 Å². The van der Waals surface area contributed by atoms with E-state index in [1.165, 1.54) is 11.3 Å². The van der Waals surface area contributed by atoms with Gasteiger partial charge in [-0.25, -0.2) is 4.98 Å². The van der Waals surface area contributed by atoms with E-state index < -0.39 is 0 Å². The van der Waals surface area contributed by atoms with Gasteiger partial charge in [-0.2, -0.15) is 9.78 Å². The number of anilines is 1. The molecule has 148 valence electrons. The zero-order valence-corrected chi connectivity index (χ0v) is 17.1. The highest BCUT2D eigenvalue weighted by Gasteiger charge is 2.15. The van der Waals surface area contributed by atoms with Gasteiger partial charge in [-0.15, -0.1) is 0 Å². The van der Waals surface area contributed by atoms with Crippen LogP contribution < -0.4 is 14.8 Å². The number of ether oxygens (including phenoxy) is 2. The lowest BCUT2D eigenvalue weighted by atomic mass is 10.2. The summed E-state index contributed by atoms with van der Waals surface area (Å²) < 4.78 is 13.5. The molecule has 8 heteroatoms. The number of carbonyl (C=O) groups excluding carboxylic acids is 1. The van der Waals surface area contributed by atoms with Crippen LogP contribution in [0.5, 0.6) is 11.5 Å². The Morgan fingerprint density at radius 3 is 2.79 bits per heavy atom. The Hall–Kier alpha value is -3.39. The van der Waals surface area contributed by atoms with Crippen molar-refractivity contribution in [2.24, 2.45) is 0 Å². The highest BCUT2D eigenvalue weighted by molar-refractivity contribution is 7.20. The Balaban J connectivity index is 1.54. The van der Waals surface area contributed by atoms with Crippen LogP contribution in [0.1, 0.15) is 11.3 Å². The second kappa shape index (κ2) is 7.92. The molecule has 4 rings (SSSR count). The van der Waals surface area contributed by atoms with Crippen molar-refractivity contribution >= 4 is 33.3 Å². The minimum atomic E-state index is -0.266. The first kappa shape index (κ1) is 18.9. The Labute approximate surface area is 171 Å². The second-order valence-corrected chi connectivity index (χ2v) is 7.52. The van der Waals surface area contributed by atoms with Crippen LogP contribution in [-0.4, -0.2) is 34.4 Å². The van der Waals surface area contributed by atoms with E-state index in [2.05, 4.69) is 15.4 Å². The van der Waals surface area contributed by atoms with Crippen molar-refractivity contribution in [3.63, 3.8) is 0 Å². The van der Waals surface area contributed by atoms with Crippen molar-refractivity contribution < 1.29 is 14.3 Å². The van der Waals surface area contributed by atoms with Crippen molar-refractivity contribution in [1.82, 2.24) is 14.8 Å². The summed E-state index contributed by atoms with van der Waals surface area (Å²) in [5, 5.41) is 8.01. The number of nitrogens with zero attached hydrogens (tertiary/aromatic N) is 3. The molecular weight excluding hydrogens is 388 g/mol. The van der Waals surface area contributed by atoms with Crippen LogP contribution in [0.2, 0.25) is 0 Å². The largest absolute Gasteiger partial charge is 0.497 e. The number of hydrogen-bond donors (Lipinski definition) is 1. The van der Waals surface area contributed by atoms with Gasteiger partial charge < -0.3 is 14.8 Å². The average Bonchev–Trinajstić information content (AvgIpc) is 3.29. The number of amides is 1. The summed E-state index contributed by atoms with van der Waals surface area (Å²) in [7, 11) is 1.62. The zero-order valence-electron chi connectivity index (χ0n) is 16.3. The van der Waals surface area contributed by atoms with Crippen molar-refractivity contribution in [2.45, 2.75) is 13.8 Å². The number of rotatable bonds is 6. The van der Waals surface area contributed by atoms with E-state index in [9.17, 15) is 4.79 Å². The number of nitrogens with one attached hydrogen (secondary N) is 1. The summed E-state index contributed by atoms with van der Waals surface area (Å²) in [6.07, 6.45) is 0. The summed E-state index contributed by atoms with van der Waals surface area (Å²) in [5.41, 5.74) is 2.57. The van der Waals surface area contributed by atoms with Gasteiger partial charge in [-0.3, -0.25) is 4.79 Å². The molecule has 2 aromatic heterocycles. The molecule has 0 atom stereocenters. The van der Waals surface area contributed by atoms with Crippen LogP contribution >= 0.6 is 11.3 Å². The minimum absolute atomic E-state index is 0.0911. The number of hydrogen-bond acceptors (Lipinski definition) is 6. The molecule has 29 heavy (non-hydrogen) atoms. The van der Waals surface area contributed by atoms with E-state index in [-0.39, 0.29) is 12.5 Å². The number of aryl methyl sites for hydroxylation is 2. The lowest BCUT2D eigenvalue weighted by Gasteiger charge is -2.09. The van der Waals surface area contributed by atoms with Gasteiger partial charge in [-0.1, -0.05) is 29.5 Å². The summed E-state index contributed by atoms with van der Waals surface area (Å²) in [6.45, 7) is 3.71. The van der Waals surface area contributed by atoms with E-state index in [0.717, 1.165) is 27.2 Å². The fraction of sp³-hybridized carbons (Fsp3) is 0.190. The molecular formula is C21H20N4O3S. The molecule has 2 aromatic carbocycles. The van der Waals surface area contributed by atoms with Crippen LogP contribution in [0.4, 0.5) is 5.82 Å². The van der Waals surface area contributed by atoms with Crippen LogP contribution in [0, 0.1) is 13.8 Å². The molecule has 2 heterocycles. The van der Waals surface area contributed by atoms with Gasteiger partial charge in [0.1, 0.15) is 17.3 Å². The first-order valence-electron chi connectivity index (χ1n) is 9.03. The predicted molar refractivity (Wildman–Crippen MR) is 113 cm³/mol. The molecule has 4 aromatic rings. The van der Waals surface area contributed by atoms with Gasteiger partial charge in [0.05, 0.1) is 23.0 Å². The third kappa shape index (κ3) is 4.07. The number of fused-ring (bicyclic) bond motifs is 1. The van der Waals surface area contributed by atoms with Crippen LogP contribution in [0.25, 0.3) is 15.3 Å². The number of thiazole rings is 1. The van der Waals surface area contributed by atoms with E-state index >= 15 is 0 Å². The molecule has 0 saturated carbocycles. The standard InChI is InChI=1S/C21H20N4O3S/c1-13-6-4-5-7-17(13)28-12-20(26)23-19-10-14(2)24-25(19)21-22-16-11-15(27-3)8-9-18(16)29-21/h4-11H,12H2,1-3H3,(H,23,26). The molecule has 7 nitrogen and oxygen atoms in total. The third-order valence-electron chi connectivity index (χ3n) is 4.32. The lowest BCUT2D eigenvalue weighted by molar-refractivity contribution is -0.118. The maximum atomic E-state index is 12.4. The molecule has 0 aliphatic heterocycles. The van der Waals surface area contributed by atoms with E-state index in [1.54, 1.807) is 17.9 Å². The summed E-state index contributed by atoms with van der Waals surface area (Å²) >= 11 is 1.49. The van der Waals surface area contributed by atoms with Crippen molar-refractivity contribution in [2.75, 3.05) is 19.0 Å². The van der Waals surface area contributed by atoms with Gasteiger partial charge in [-0.05, 0) is 37.6 Å². The summed E-state index contributed by atoms with van der Waals surface area (Å²) in [5.74, 6) is 1.71. The van der Waals surface area contributed by atoms with Crippen LogP contribution in [0.15, 0.2) is 48.5 Å². The summed E-state index contributed by atoms with van der Waals surface area (Å²) in [4.78, 5) is 17.1. The molecule has 0 bridgehead atoms. The summed E-state index contributed by atoms with van der Waals surface area (Å²) in [6, 6.07) is 15.1. The van der Waals surface area contributed by atoms with E-state index in [1.807, 2.05) is 56.3 Å². The maximum Gasteiger partial charge on any atom is 0.263 e. The SMILES string of the molecule is COc1ccc2sc(-n3nc(C)cc3NC(=O)COc3ccccc3C)nc2c1. The Bertz CT molecular complexity index is 1180. The van der Waals surface area contributed by atoms with Crippen molar-refractivity contribution in [3.05, 3.63) is 59.8 Å². The topological polar surface area (TPSA) is 78.3 Å². The molecule has 0 radical (unpaired) electrons. The molecule has 1 amide bonds. The maximum absolute atomic E-state index is 12.4. The number of aromatic nitrogens is 3. The van der Waals surface area contributed by atoms with E-state index in [0.29, 0.717) is 16.7 Å². The van der Waals surface area contributed by atoms with Crippen molar-refractivity contribution in [1.29, 1.82) is 0 Å². The first-order valence-corrected chi connectivity index (χ1v) is 9.85. The van der Waals surface area contributed by atoms with Gasteiger partial charge in [0.25, 0.3) is 5.91 Å². The Morgan fingerprint density at radius 2 is 2.00 bits per heavy atom. The van der Waals surface area contributed by atoms with Crippen molar-refractivity contribution in [3.8, 4) is 16.6 Å². The first-order chi connectivity index (χ1) is 14.0. The molecule has 0 saturated heterocycles. The molecule has 0 unspecified atom stereocenters. The predicted octanol–water partition coefficient (Wildman–Crippen LogP) is 4.12. The van der Waals surface area contributed by atoms with Gasteiger partial charge in [0.15, 0.2) is 6.61 Å². The minimum Gasteiger partial charge on any atom is -0.497 e. The van der Waals surface area contributed by atoms with Crippen LogP contribution in [0.3, 0.4) is 0 Å². The lowest BCUT2D eigenvalue weighted by Crippen LogP contribution is -2.22. The smallest absolute Gasteiger partial charge is 0.263 e. The second-order valence-electron chi connectivity index (χ2n) is 6.52. The monoisotopic (exact) mass is 408 g/mol. The van der Waals surface area contributed by atoms with Crippen LogP contribution in [-0.2, 0) is 4.79 Å². The molecule has 0 aliphatic carbocycles. The number of carbonyl (C=O) groups is 1. The highest BCUT2D eigenvalue weighted by Crippen LogP contribution is 2.29. The molecule has 0 aliphatic rings. The zero-order chi connectivity index (χ0) is 20.4. The molecule has 1 N–H and O–H groups in total. The number of benzene rings is 2. The molecule has 0 spiro atoms. The Morgan fingerprint density at radius 1 is 1.17 bits per heavy atom.